The molecule has 86 valence electrons. The summed E-state index contributed by atoms with van der Waals surface area (Å²) in [5.74, 6) is 0.941. The molecule has 0 spiro atoms. The lowest BCUT2D eigenvalue weighted by molar-refractivity contribution is -0.119. The number of carbonyl (C=O) groups is 1. The van der Waals surface area contributed by atoms with Crippen LogP contribution in [-0.4, -0.2) is 5.78 Å². The molecule has 1 nitrogen and oxygen atoms in total. The average molecular weight is 216 g/mol. The van der Waals surface area contributed by atoms with Crippen LogP contribution in [0.4, 0.5) is 0 Å². The number of fused-ring (bicyclic) bond motifs is 1. The number of ketones is 1. The van der Waals surface area contributed by atoms with Crippen molar-refractivity contribution < 1.29 is 4.79 Å². The fourth-order valence-corrected chi connectivity index (χ4v) is 3.16. The molecule has 0 heterocycles. The molecule has 0 saturated carbocycles. The van der Waals surface area contributed by atoms with Crippen LogP contribution in [0.5, 0.6) is 0 Å². The third kappa shape index (κ3) is 1.79. The largest absolute Gasteiger partial charge is 0.299 e. The lowest BCUT2D eigenvalue weighted by Crippen LogP contribution is -2.25. The Labute approximate surface area is 97.9 Å². The van der Waals surface area contributed by atoms with Crippen molar-refractivity contribution in [3.63, 3.8) is 0 Å². The zero-order chi connectivity index (χ0) is 11.9. The molecule has 1 heteroatoms. The molecule has 0 amide bonds. The number of Topliss-reactive ketones (excluding diaryl/α,β-unsaturated/α-hetero) is 1. The summed E-state index contributed by atoms with van der Waals surface area (Å²) in [6.07, 6.45) is 2.27. The summed E-state index contributed by atoms with van der Waals surface area (Å²) in [5, 5.41) is 0. The van der Waals surface area contributed by atoms with Gasteiger partial charge in [-0.2, -0.15) is 0 Å². The lowest BCUT2D eigenvalue weighted by atomic mass is 9.72. The first-order valence-electron chi connectivity index (χ1n) is 6.11. The van der Waals surface area contributed by atoms with Gasteiger partial charge in [0.1, 0.15) is 5.78 Å². The highest BCUT2D eigenvalue weighted by atomic mass is 16.1. The maximum atomic E-state index is 11.8. The minimum absolute atomic E-state index is 0.129. The van der Waals surface area contributed by atoms with Crippen LogP contribution in [-0.2, 0) is 11.2 Å². The number of aryl methyl sites for hydroxylation is 3. The van der Waals surface area contributed by atoms with E-state index in [1.807, 2.05) is 0 Å². The van der Waals surface area contributed by atoms with Crippen LogP contribution in [0.2, 0.25) is 0 Å². The summed E-state index contributed by atoms with van der Waals surface area (Å²) < 4.78 is 0. The second-order valence-electron chi connectivity index (χ2n) is 5.26. The van der Waals surface area contributed by atoms with E-state index in [2.05, 4.69) is 32.9 Å². The Balaban J connectivity index is 2.59. The van der Waals surface area contributed by atoms with Gasteiger partial charge in [0.2, 0.25) is 0 Å². The third-order valence-electron chi connectivity index (χ3n) is 3.80. The van der Waals surface area contributed by atoms with Crippen molar-refractivity contribution in [3.8, 4) is 0 Å². The fraction of sp³-hybridized carbons (Fsp3) is 0.533. The minimum Gasteiger partial charge on any atom is -0.299 e. The quantitative estimate of drug-likeness (QED) is 0.701. The Morgan fingerprint density at radius 2 is 2.00 bits per heavy atom. The van der Waals surface area contributed by atoms with E-state index in [1.165, 1.54) is 22.3 Å². The molecular weight excluding hydrogens is 196 g/mol. The van der Waals surface area contributed by atoms with Crippen molar-refractivity contribution in [2.45, 2.75) is 46.5 Å². The first kappa shape index (κ1) is 11.4. The van der Waals surface area contributed by atoms with Crippen LogP contribution in [0.15, 0.2) is 12.1 Å². The molecule has 0 aromatic heterocycles. The first-order chi connectivity index (χ1) is 7.50. The maximum Gasteiger partial charge on any atom is 0.137 e. The van der Waals surface area contributed by atoms with Crippen LogP contribution >= 0.6 is 0 Å². The van der Waals surface area contributed by atoms with Gasteiger partial charge in [-0.3, -0.25) is 4.79 Å². The maximum absolute atomic E-state index is 11.8. The number of hydrogen-bond acceptors (Lipinski definition) is 1. The molecule has 0 aliphatic heterocycles. The van der Waals surface area contributed by atoms with Crippen LogP contribution in [0.3, 0.4) is 0 Å². The summed E-state index contributed by atoms with van der Waals surface area (Å²) in [6.45, 7) is 8.21. The molecule has 1 aliphatic rings. The van der Waals surface area contributed by atoms with Gasteiger partial charge in [0, 0.05) is 5.92 Å². The van der Waals surface area contributed by atoms with Crippen LogP contribution < -0.4 is 0 Å². The van der Waals surface area contributed by atoms with E-state index in [1.54, 1.807) is 6.92 Å². The number of hydrogen-bond donors (Lipinski definition) is 0. The molecule has 0 unspecified atom stereocenters. The van der Waals surface area contributed by atoms with Crippen molar-refractivity contribution in [2.24, 2.45) is 5.92 Å². The summed E-state index contributed by atoms with van der Waals surface area (Å²) in [4.78, 5) is 11.8. The molecule has 1 aromatic carbocycles. The van der Waals surface area contributed by atoms with Gasteiger partial charge in [0.15, 0.2) is 0 Å². The zero-order valence-corrected chi connectivity index (χ0v) is 10.6. The highest BCUT2D eigenvalue weighted by Crippen LogP contribution is 2.38. The SMILES string of the molecule is CC(=O)[C@@H]1c2c(C)cc(C)cc2CC[C@H]1C. The van der Waals surface area contributed by atoms with Gasteiger partial charge in [0.25, 0.3) is 0 Å². The van der Waals surface area contributed by atoms with Gasteiger partial charge >= 0.3 is 0 Å². The molecular formula is C15H20O. The molecule has 2 rings (SSSR count). The van der Waals surface area contributed by atoms with Crippen molar-refractivity contribution in [3.05, 3.63) is 34.4 Å². The van der Waals surface area contributed by atoms with Crippen LogP contribution in [0.25, 0.3) is 0 Å². The molecule has 0 bridgehead atoms. The Hall–Kier alpha value is -1.11. The zero-order valence-electron chi connectivity index (χ0n) is 10.6. The Morgan fingerprint density at radius 3 is 2.62 bits per heavy atom. The van der Waals surface area contributed by atoms with E-state index >= 15 is 0 Å². The van der Waals surface area contributed by atoms with Crippen molar-refractivity contribution >= 4 is 5.78 Å². The molecule has 1 aliphatic carbocycles. The Morgan fingerprint density at radius 1 is 1.31 bits per heavy atom. The first-order valence-corrected chi connectivity index (χ1v) is 6.11. The van der Waals surface area contributed by atoms with Crippen LogP contribution in [0, 0.1) is 19.8 Å². The number of benzene rings is 1. The van der Waals surface area contributed by atoms with Gasteiger partial charge in [-0.15, -0.1) is 0 Å². The molecule has 0 fully saturated rings. The van der Waals surface area contributed by atoms with Gasteiger partial charge in [-0.25, -0.2) is 0 Å². The van der Waals surface area contributed by atoms with E-state index in [4.69, 9.17) is 0 Å². The second-order valence-corrected chi connectivity index (χ2v) is 5.26. The van der Waals surface area contributed by atoms with Crippen molar-refractivity contribution in [1.29, 1.82) is 0 Å². The van der Waals surface area contributed by atoms with E-state index in [-0.39, 0.29) is 5.92 Å². The predicted octanol–water partition coefficient (Wildman–Crippen LogP) is 3.56. The summed E-state index contributed by atoms with van der Waals surface area (Å²) in [5.41, 5.74) is 5.32. The standard InChI is InChI=1S/C15H20O/c1-9-7-11(3)15-13(8-9)6-5-10(2)14(15)12(4)16/h7-8,10,14H,5-6H2,1-4H3/t10-,14-/m1/s1. The van der Waals surface area contributed by atoms with Gasteiger partial charge < -0.3 is 0 Å². The highest BCUT2D eigenvalue weighted by Gasteiger charge is 2.31. The number of rotatable bonds is 1. The minimum atomic E-state index is 0.129. The second kappa shape index (κ2) is 4.04. The number of carbonyl (C=O) groups excluding carboxylic acids is 1. The third-order valence-corrected chi connectivity index (χ3v) is 3.80. The molecule has 1 aromatic rings. The molecule has 0 N–H and O–H groups in total. The van der Waals surface area contributed by atoms with E-state index in [0.29, 0.717) is 11.7 Å². The van der Waals surface area contributed by atoms with Gasteiger partial charge in [-0.1, -0.05) is 24.6 Å². The Kier molecular flexibility index (Phi) is 2.88. The van der Waals surface area contributed by atoms with Crippen LogP contribution in [0.1, 0.15) is 48.4 Å². The predicted molar refractivity (Wildman–Crippen MR) is 66.8 cm³/mol. The lowest BCUT2D eigenvalue weighted by Gasteiger charge is -2.31. The highest BCUT2D eigenvalue weighted by molar-refractivity contribution is 5.85. The van der Waals surface area contributed by atoms with E-state index in [9.17, 15) is 4.79 Å². The topological polar surface area (TPSA) is 17.1 Å². The molecule has 2 atom stereocenters. The van der Waals surface area contributed by atoms with E-state index < -0.39 is 0 Å². The summed E-state index contributed by atoms with van der Waals surface area (Å²) >= 11 is 0. The molecule has 16 heavy (non-hydrogen) atoms. The Bertz CT molecular complexity index is 431. The molecule has 0 radical (unpaired) electrons. The monoisotopic (exact) mass is 216 g/mol. The normalized spacial score (nSPS) is 24.0. The summed E-state index contributed by atoms with van der Waals surface area (Å²) in [6, 6.07) is 4.46. The van der Waals surface area contributed by atoms with Gasteiger partial charge in [0.05, 0.1) is 0 Å². The van der Waals surface area contributed by atoms with Crippen molar-refractivity contribution in [1.82, 2.24) is 0 Å². The summed E-state index contributed by atoms with van der Waals surface area (Å²) in [7, 11) is 0. The van der Waals surface area contributed by atoms with Crippen molar-refractivity contribution in [2.75, 3.05) is 0 Å². The molecule has 0 saturated heterocycles. The van der Waals surface area contributed by atoms with E-state index in [0.717, 1.165) is 12.8 Å². The smallest absolute Gasteiger partial charge is 0.137 e. The van der Waals surface area contributed by atoms with Gasteiger partial charge in [-0.05, 0) is 56.2 Å². The average Bonchev–Trinajstić information content (AvgIpc) is 2.18. The fourth-order valence-electron chi connectivity index (χ4n) is 3.16.